The van der Waals surface area contributed by atoms with Crippen molar-refractivity contribution in [1.29, 1.82) is 0 Å². The molecule has 0 aromatic heterocycles. The minimum atomic E-state index is -0.574. The summed E-state index contributed by atoms with van der Waals surface area (Å²) < 4.78 is 0. The van der Waals surface area contributed by atoms with Gasteiger partial charge in [0.1, 0.15) is 0 Å². The Bertz CT molecular complexity index is 377. The Morgan fingerprint density at radius 2 is 1.78 bits per heavy atom. The quantitative estimate of drug-likeness (QED) is 0.851. The first-order chi connectivity index (χ1) is 8.73. The van der Waals surface area contributed by atoms with Crippen LogP contribution in [0.15, 0.2) is 30.3 Å². The number of benzene rings is 1. The van der Waals surface area contributed by atoms with Crippen molar-refractivity contribution < 1.29 is 9.90 Å². The van der Waals surface area contributed by atoms with Gasteiger partial charge in [0.2, 0.25) is 0 Å². The van der Waals surface area contributed by atoms with Gasteiger partial charge in [-0.25, -0.2) is 0 Å². The molecule has 98 valence electrons. The first-order valence-corrected chi connectivity index (χ1v) is 7.00. The van der Waals surface area contributed by atoms with E-state index in [1.807, 2.05) is 18.2 Å². The molecule has 1 N–H and O–H groups in total. The van der Waals surface area contributed by atoms with Crippen LogP contribution in [0.2, 0.25) is 0 Å². The zero-order valence-electron chi connectivity index (χ0n) is 10.9. The molecular weight excluding hydrogens is 224 g/mol. The third-order valence-electron chi connectivity index (χ3n) is 4.23. The highest BCUT2D eigenvalue weighted by Gasteiger charge is 2.38. The summed E-state index contributed by atoms with van der Waals surface area (Å²) in [5.41, 5.74) is 0.890. The van der Waals surface area contributed by atoms with Gasteiger partial charge in [-0.15, -0.1) is 0 Å². The summed E-state index contributed by atoms with van der Waals surface area (Å²) in [4.78, 5) is 11.5. The lowest BCUT2D eigenvalue weighted by Crippen LogP contribution is -2.33. The molecule has 0 amide bonds. The van der Waals surface area contributed by atoms with Crippen molar-refractivity contribution in [2.75, 3.05) is 0 Å². The second-order valence-corrected chi connectivity index (χ2v) is 5.49. The van der Waals surface area contributed by atoms with E-state index in [0.717, 1.165) is 44.9 Å². The maximum Gasteiger partial charge on any atom is 0.309 e. The maximum atomic E-state index is 11.5. The van der Waals surface area contributed by atoms with E-state index in [-0.39, 0.29) is 0 Å². The molecule has 2 nitrogen and oxygen atoms in total. The second kappa shape index (κ2) is 6.03. The molecule has 2 rings (SSSR count). The largest absolute Gasteiger partial charge is 0.481 e. The van der Waals surface area contributed by atoms with E-state index >= 15 is 0 Å². The zero-order chi connectivity index (χ0) is 12.8. The number of hydrogen-bond acceptors (Lipinski definition) is 1. The van der Waals surface area contributed by atoms with Gasteiger partial charge in [-0.3, -0.25) is 4.79 Å². The average molecular weight is 246 g/mol. The lowest BCUT2D eigenvalue weighted by atomic mass is 9.71. The summed E-state index contributed by atoms with van der Waals surface area (Å²) in [6, 6.07) is 10.3. The van der Waals surface area contributed by atoms with E-state index < -0.39 is 11.4 Å². The number of carboxylic acids is 1. The summed E-state index contributed by atoms with van der Waals surface area (Å²) >= 11 is 0. The minimum Gasteiger partial charge on any atom is -0.481 e. The topological polar surface area (TPSA) is 37.3 Å². The van der Waals surface area contributed by atoms with E-state index in [2.05, 4.69) is 12.1 Å². The summed E-state index contributed by atoms with van der Waals surface area (Å²) in [5, 5.41) is 9.49. The third-order valence-corrected chi connectivity index (χ3v) is 4.23. The van der Waals surface area contributed by atoms with E-state index in [0.29, 0.717) is 0 Å². The van der Waals surface area contributed by atoms with Crippen LogP contribution in [0, 0.1) is 5.41 Å². The number of carbonyl (C=O) groups is 1. The second-order valence-electron chi connectivity index (χ2n) is 5.49. The number of aliphatic carboxylic acids is 1. The molecule has 1 aliphatic rings. The molecule has 0 spiro atoms. The van der Waals surface area contributed by atoms with E-state index in [9.17, 15) is 9.90 Å². The van der Waals surface area contributed by atoms with Crippen LogP contribution in [-0.4, -0.2) is 11.1 Å². The van der Waals surface area contributed by atoms with Crippen molar-refractivity contribution in [1.82, 2.24) is 0 Å². The fourth-order valence-corrected chi connectivity index (χ4v) is 3.07. The Hall–Kier alpha value is -1.31. The molecule has 1 saturated carbocycles. The molecule has 0 aliphatic heterocycles. The highest BCUT2D eigenvalue weighted by molar-refractivity contribution is 5.74. The van der Waals surface area contributed by atoms with Gasteiger partial charge in [0.05, 0.1) is 5.41 Å². The molecule has 18 heavy (non-hydrogen) atoms. The van der Waals surface area contributed by atoms with Crippen molar-refractivity contribution in [3.05, 3.63) is 35.9 Å². The highest BCUT2D eigenvalue weighted by Crippen LogP contribution is 2.40. The zero-order valence-corrected chi connectivity index (χ0v) is 10.9. The molecule has 0 heterocycles. The Balaban J connectivity index is 1.88. The Morgan fingerprint density at radius 3 is 2.39 bits per heavy atom. The van der Waals surface area contributed by atoms with Gasteiger partial charge in [0.25, 0.3) is 0 Å². The number of rotatable bonds is 5. The fraction of sp³-hybridized carbons (Fsp3) is 0.562. The van der Waals surface area contributed by atoms with Crippen molar-refractivity contribution in [3.63, 3.8) is 0 Å². The maximum absolute atomic E-state index is 11.5. The molecule has 0 unspecified atom stereocenters. The van der Waals surface area contributed by atoms with E-state index in [4.69, 9.17) is 0 Å². The van der Waals surface area contributed by atoms with Gasteiger partial charge >= 0.3 is 5.97 Å². The minimum absolute atomic E-state index is 0.424. The fourth-order valence-electron chi connectivity index (χ4n) is 3.07. The normalized spacial score (nSPS) is 18.4. The average Bonchev–Trinajstić information content (AvgIpc) is 2.41. The molecule has 0 saturated heterocycles. The van der Waals surface area contributed by atoms with Crippen LogP contribution in [0.3, 0.4) is 0 Å². The first kappa shape index (κ1) is 13.1. The number of aryl methyl sites for hydroxylation is 1. The van der Waals surface area contributed by atoms with Crippen molar-refractivity contribution in [3.8, 4) is 0 Å². The van der Waals surface area contributed by atoms with Crippen LogP contribution in [0.1, 0.15) is 50.5 Å². The van der Waals surface area contributed by atoms with Crippen LogP contribution < -0.4 is 0 Å². The lowest BCUT2D eigenvalue weighted by molar-refractivity contribution is -0.151. The summed E-state index contributed by atoms with van der Waals surface area (Å²) in [7, 11) is 0. The molecule has 2 heteroatoms. The van der Waals surface area contributed by atoms with Crippen molar-refractivity contribution in [2.24, 2.45) is 5.41 Å². The van der Waals surface area contributed by atoms with Crippen LogP contribution in [0.5, 0.6) is 0 Å². The summed E-state index contributed by atoms with van der Waals surface area (Å²) in [6.45, 7) is 0. The molecule has 1 aliphatic carbocycles. The van der Waals surface area contributed by atoms with Crippen molar-refractivity contribution >= 4 is 5.97 Å². The third kappa shape index (κ3) is 3.12. The number of hydrogen-bond donors (Lipinski definition) is 1. The van der Waals surface area contributed by atoms with Gasteiger partial charge in [-0.05, 0) is 37.7 Å². The predicted molar refractivity (Wildman–Crippen MR) is 72.5 cm³/mol. The van der Waals surface area contributed by atoms with Gasteiger partial charge in [-0.1, -0.05) is 49.6 Å². The number of carboxylic acid groups (broad SMARTS) is 1. The molecular formula is C16H22O2. The Kier molecular flexibility index (Phi) is 4.40. The predicted octanol–water partition coefficient (Wildman–Crippen LogP) is 4.04. The standard InChI is InChI=1S/C16H22O2/c17-15(18)16(11-5-2-6-12-16)13-7-10-14-8-3-1-4-9-14/h1,3-4,8-9H,2,5-7,10-13H2,(H,17,18). The van der Waals surface area contributed by atoms with E-state index in [1.165, 1.54) is 12.0 Å². The SMILES string of the molecule is O=C(O)C1(CCCc2ccccc2)CCCCC1. The van der Waals surface area contributed by atoms with Gasteiger partial charge < -0.3 is 5.11 Å². The first-order valence-electron chi connectivity index (χ1n) is 7.00. The van der Waals surface area contributed by atoms with Gasteiger partial charge in [0, 0.05) is 0 Å². The van der Waals surface area contributed by atoms with Crippen LogP contribution in [-0.2, 0) is 11.2 Å². The molecule has 1 fully saturated rings. The molecule has 0 radical (unpaired) electrons. The Morgan fingerprint density at radius 1 is 1.11 bits per heavy atom. The Labute approximate surface area is 109 Å². The lowest BCUT2D eigenvalue weighted by Gasteiger charge is -2.33. The van der Waals surface area contributed by atoms with Gasteiger partial charge in [-0.2, -0.15) is 0 Å². The van der Waals surface area contributed by atoms with Gasteiger partial charge in [0.15, 0.2) is 0 Å². The monoisotopic (exact) mass is 246 g/mol. The van der Waals surface area contributed by atoms with E-state index in [1.54, 1.807) is 0 Å². The summed E-state index contributed by atoms with van der Waals surface area (Å²) in [5.74, 6) is -0.574. The summed E-state index contributed by atoms with van der Waals surface area (Å²) in [6.07, 6.45) is 7.92. The van der Waals surface area contributed by atoms with Crippen molar-refractivity contribution in [2.45, 2.75) is 51.4 Å². The molecule has 0 atom stereocenters. The smallest absolute Gasteiger partial charge is 0.309 e. The molecule has 1 aromatic carbocycles. The highest BCUT2D eigenvalue weighted by atomic mass is 16.4. The molecule has 1 aromatic rings. The van der Waals surface area contributed by atoms with Crippen LogP contribution >= 0.6 is 0 Å². The molecule has 0 bridgehead atoms. The van der Waals surface area contributed by atoms with Crippen LogP contribution in [0.4, 0.5) is 0 Å². The van der Waals surface area contributed by atoms with Crippen LogP contribution in [0.25, 0.3) is 0 Å².